The van der Waals surface area contributed by atoms with Crippen LogP contribution in [0.3, 0.4) is 0 Å². The highest BCUT2D eigenvalue weighted by Gasteiger charge is 2.26. The molecule has 0 spiro atoms. The van der Waals surface area contributed by atoms with Gasteiger partial charge >= 0.3 is 0 Å². The summed E-state index contributed by atoms with van der Waals surface area (Å²) in [6, 6.07) is 0. The van der Waals surface area contributed by atoms with E-state index in [2.05, 4.69) is 20.8 Å². The van der Waals surface area contributed by atoms with Crippen LogP contribution in [0, 0.1) is 0 Å². The maximum absolute atomic E-state index is 9.79. The fourth-order valence-electron chi connectivity index (χ4n) is 4.21. The number of hydrogen-bond donors (Lipinski definition) is 1. The Morgan fingerprint density at radius 1 is 0.714 bits per heavy atom. The Balaban J connectivity index is 0. The van der Waals surface area contributed by atoms with Crippen LogP contribution in [0.15, 0.2) is 0 Å². The molecular weight excluding hydrogens is 389 g/mol. The zero-order valence-corrected chi connectivity index (χ0v) is 21.0. The van der Waals surface area contributed by atoms with Crippen molar-refractivity contribution < 1.29 is 22.0 Å². The van der Waals surface area contributed by atoms with E-state index < -0.39 is 0 Å². The highest BCUT2D eigenvalue weighted by molar-refractivity contribution is 6.20. The van der Waals surface area contributed by atoms with Crippen molar-refractivity contribution in [2.75, 3.05) is 26.2 Å². The van der Waals surface area contributed by atoms with E-state index in [9.17, 15) is 5.11 Å². The molecule has 172 valence electrons. The van der Waals surface area contributed by atoms with Gasteiger partial charge in [0.1, 0.15) is 12.6 Å². The van der Waals surface area contributed by atoms with E-state index >= 15 is 0 Å². The number of halogens is 2. The molecular formula is C24H51Cl2NO. The van der Waals surface area contributed by atoms with E-state index in [4.69, 9.17) is 11.6 Å². The molecule has 0 rings (SSSR count). The Kier molecular flexibility index (Phi) is 22.8. The summed E-state index contributed by atoms with van der Waals surface area (Å²) in [5, 5.41) is 10.1. The molecule has 28 heavy (non-hydrogen) atoms. The minimum atomic E-state index is -0.227. The molecule has 0 aromatic heterocycles. The number of quaternary nitrogens is 1. The first-order chi connectivity index (χ1) is 13.0. The Morgan fingerprint density at radius 3 is 1.54 bits per heavy atom. The predicted molar refractivity (Wildman–Crippen MR) is 123 cm³/mol. The molecule has 2 nitrogen and oxygen atoms in total. The maximum Gasteiger partial charge on any atom is 0.105 e. The highest BCUT2D eigenvalue weighted by atomic mass is 35.5. The second kappa shape index (κ2) is 20.8. The normalized spacial score (nSPS) is 13.9. The molecule has 1 N–H and O–H groups in total. The van der Waals surface area contributed by atoms with Crippen LogP contribution in [0.5, 0.6) is 0 Å². The molecule has 0 aromatic rings. The lowest BCUT2D eigenvalue weighted by atomic mass is 10.0. The van der Waals surface area contributed by atoms with E-state index in [1.54, 1.807) is 0 Å². The van der Waals surface area contributed by atoms with Crippen molar-refractivity contribution in [2.24, 2.45) is 0 Å². The van der Waals surface area contributed by atoms with Crippen LogP contribution < -0.4 is 12.4 Å². The van der Waals surface area contributed by atoms with Crippen LogP contribution in [0.1, 0.15) is 118 Å². The summed E-state index contributed by atoms with van der Waals surface area (Å²) in [4.78, 5) is 0. The number of alkyl halides is 1. The minimum Gasteiger partial charge on any atom is -1.00 e. The second-order valence-electron chi connectivity index (χ2n) is 8.79. The fraction of sp³-hybridized carbons (Fsp3) is 1.00. The zero-order chi connectivity index (χ0) is 20.4. The Labute approximate surface area is 188 Å². The van der Waals surface area contributed by atoms with Gasteiger partial charge in [0, 0.05) is 11.8 Å². The highest BCUT2D eigenvalue weighted by Crippen LogP contribution is 2.18. The van der Waals surface area contributed by atoms with Crippen molar-refractivity contribution in [3.8, 4) is 0 Å². The van der Waals surface area contributed by atoms with Gasteiger partial charge in [0.25, 0.3) is 0 Å². The lowest BCUT2D eigenvalue weighted by molar-refractivity contribution is -0.927. The largest absolute Gasteiger partial charge is 1.00 e. The quantitative estimate of drug-likeness (QED) is 0.170. The second-order valence-corrected chi connectivity index (χ2v) is 9.41. The zero-order valence-electron chi connectivity index (χ0n) is 19.5. The lowest BCUT2D eigenvalue weighted by Crippen LogP contribution is -3.00. The van der Waals surface area contributed by atoms with Crippen LogP contribution in [0.2, 0.25) is 0 Å². The molecule has 0 aliphatic rings. The van der Waals surface area contributed by atoms with Crippen LogP contribution in [0.25, 0.3) is 0 Å². The van der Waals surface area contributed by atoms with Gasteiger partial charge in [-0.05, 0) is 27.2 Å². The van der Waals surface area contributed by atoms with E-state index in [1.165, 1.54) is 77.0 Å². The van der Waals surface area contributed by atoms with E-state index in [0.717, 1.165) is 43.5 Å². The molecule has 2 atom stereocenters. The van der Waals surface area contributed by atoms with Crippen LogP contribution in [-0.2, 0) is 0 Å². The number of rotatable bonds is 20. The lowest BCUT2D eigenvalue weighted by Gasteiger charge is -2.38. The average Bonchev–Trinajstić information content (AvgIpc) is 2.65. The summed E-state index contributed by atoms with van der Waals surface area (Å²) in [5.74, 6) is 0. The van der Waals surface area contributed by atoms with Crippen molar-refractivity contribution in [1.29, 1.82) is 0 Å². The molecule has 0 radical (unpaired) electrons. The summed E-state index contributed by atoms with van der Waals surface area (Å²) >= 11 is 6.60. The molecule has 0 fully saturated rings. The number of nitrogens with zero attached hydrogens (tertiary/aromatic N) is 1. The number of unbranched alkanes of at least 4 members (excludes halogenated alkanes) is 11. The Hall–Kier alpha value is 0.500. The molecule has 0 aliphatic carbocycles. The summed E-state index contributed by atoms with van der Waals surface area (Å²) in [6.45, 7) is 12.8. The number of aliphatic hydroxyl groups excluding tert-OH is 1. The topological polar surface area (TPSA) is 20.2 Å². The predicted octanol–water partition coefficient (Wildman–Crippen LogP) is 4.32. The van der Waals surface area contributed by atoms with Gasteiger partial charge in [-0.2, -0.15) is 0 Å². The monoisotopic (exact) mass is 439 g/mol. The molecule has 0 amide bonds. The molecule has 0 saturated carbocycles. The first-order valence-corrected chi connectivity index (χ1v) is 12.6. The molecule has 0 heterocycles. The van der Waals surface area contributed by atoms with Crippen LogP contribution >= 0.6 is 11.6 Å². The Morgan fingerprint density at radius 2 is 1.14 bits per heavy atom. The minimum absolute atomic E-state index is 0. The summed E-state index contributed by atoms with van der Waals surface area (Å²) < 4.78 is 0.999. The van der Waals surface area contributed by atoms with Crippen LogP contribution in [-0.4, -0.2) is 47.2 Å². The van der Waals surface area contributed by atoms with Gasteiger partial charge in [-0.3, -0.25) is 0 Å². The molecule has 0 saturated heterocycles. The number of aliphatic hydroxyl groups is 1. The molecule has 2 unspecified atom stereocenters. The van der Waals surface area contributed by atoms with Crippen LogP contribution in [0.4, 0.5) is 0 Å². The van der Waals surface area contributed by atoms with Gasteiger partial charge in [-0.25, -0.2) is 0 Å². The third kappa shape index (κ3) is 17.4. The van der Waals surface area contributed by atoms with E-state index in [0.29, 0.717) is 5.38 Å². The van der Waals surface area contributed by atoms with Gasteiger partial charge in [0.2, 0.25) is 0 Å². The van der Waals surface area contributed by atoms with Gasteiger partial charge in [-0.15, -0.1) is 11.6 Å². The molecule has 0 bridgehead atoms. The average molecular weight is 441 g/mol. The summed E-state index contributed by atoms with van der Waals surface area (Å²) in [6.07, 6.45) is 18.8. The van der Waals surface area contributed by atoms with Gasteiger partial charge < -0.3 is 22.0 Å². The van der Waals surface area contributed by atoms with Gasteiger partial charge in [0.05, 0.1) is 19.6 Å². The smallest absolute Gasteiger partial charge is 0.105 e. The standard InChI is InChI=1S/C24H51ClNO.ClH/c1-5-8-9-10-11-12-13-14-15-16-17-18-19-24(25)20-21-26(6-2,7-3)22-23(4)27;/h23-24,27H,5-22H2,1-4H3;1H/q+1;/p-1. The third-order valence-electron chi connectivity index (χ3n) is 6.28. The fourth-order valence-corrected chi connectivity index (χ4v) is 4.47. The molecule has 0 aliphatic heterocycles. The first-order valence-electron chi connectivity index (χ1n) is 12.2. The van der Waals surface area contributed by atoms with Gasteiger partial charge in [-0.1, -0.05) is 84.0 Å². The Bertz CT molecular complexity index is 309. The third-order valence-corrected chi connectivity index (χ3v) is 6.72. The summed E-state index contributed by atoms with van der Waals surface area (Å²) in [5.41, 5.74) is 0. The van der Waals surface area contributed by atoms with Crippen molar-refractivity contribution in [3.63, 3.8) is 0 Å². The van der Waals surface area contributed by atoms with Crippen molar-refractivity contribution >= 4 is 11.6 Å². The van der Waals surface area contributed by atoms with Crippen molar-refractivity contribution in [3.05, 3.63) is 0 Å². The van der Waals surface area contributed by atoms with Crippen molar-refractivity contribution in [1.82, 2.24) is 0 Å². The van der Waals surface area contributed by atoms with E-state index in [-0.39, 0.29) is 18.5 Å². The molecule has 4 heteroatoms. The SMILES string of the molecule is CCCCCCCCCCCCCCC(Cl)CC[N+](CC)(CC)CC(C)O.[Cl-]. The number of hydrogen-bond acceptors (Lipinski definition) is 1. The van der Waals surface area contributed by atoms with Crippen molar-refractivity contribution in [2.45, 2.75) is 129 Å². The van der Waals surface area contributed by atoms with Gasteiger partial charge in [0.15, 0.2) is 0 Å². The molecule has 0 aromatic carbocycles. The van der Waals surface area contributed by atoms with E-state index in [1.807, 2.05) is 6.92 Å². The maximum atomic E-state index is 9.79. The summed E-state index contributed by atoms with van der Waals surface area (Å²) in [7, 11) is 0. The number of likely N-dealkylation sites (N-methyl/N-ethyl adjacent to an activating group) is 1. The first kappa shape index (κ1) is 30.7.